The summed E-state index contributed by atoms with van der Waals surface area (Å²) in [5.74, 6) is 0.141. The molecule has 3 rings (SSSR count). The van der Waals surface area contributed by atoms with E-state index in [1.165, 1.54) is 19.2 Å². The maximum atomic E-state index is 11.9. The van der Waals surface area contributed by atoms with E-state index in [1.54, 1.807) is 13.0 Å². The summed E-state index contributed by atoms with van der Waals surface area (Å²) in [6.07, 6.45) is 3.18. The summed E-state index contributed by atoms with van der Waals surface area (Å²) in [5.41, 5.74) is 0.912. The fraction of sp³-hybridized carbons (Fsp3) is 0.500. The average Bonchev–Trinajstić information content (AvgIpc) is 2.92. The van der Waals surface area contributed by atoms with Gasteiger partial charge >= 0.3 is 5.97 Å². The zero-order chi connectivity index (χ0) is 17.3. The van der Waals surface area contributed by atoms with Gasteiger partial charge in [-0.05, 0) is 25.8 Å². The molecule has 8 nitrogen and oxygen atoms in total. The van der Waals surface area contributed by atoms with Gasteiger partial charge in [0.25, 0.3) is 5.69 Å². The molecule has 2 aromatic rings. The molecule has 0 saturated heterocycles. The Morgan fingerprint density at radius 2 is 2.29 bits per heavy atom. The molecule has 0 N–H and O–H groups in total. The molecule has 1 atom stereocenters. The van der Waals surface area contributed by atoms with Crippen molar-refractivity contribution in [1.29, 1.82) is 0 Å². The van der Waals surface area contributed by atoms with Crippen LogP contribution in [0.2, 0.25) is 0 Å². The lowest BCUT2D eigenvalue weighted by Crippen LogP contribution is -2.48. The third-order valence-electron chi connectivity index (χ3n) is 4.53. The van der Waals surface area contributed by atoms with Crippen LogP contribution in [0.4, 0.5) is 5.69 Å². The fourth-order valence-corrected chi connectivity index (χ4v) is 2.91. The van der Waals surface area contributed by atoms with E-state index in [-0.39, 0.29) is 11.7 Å². The minimum absolute atomic E-state index is 0.0267. The Hall–Kier alpha value is -2.48. The predicted octanol–water partition coefficient (Wildman–Crippen LogP) is 2.65. The van der Waals surface area contributed by atoms with Crippen LogP contribution < -0.4 is 0 Å². The summed E-state index contributed by atoms with van der Waals surface area (Å²) < 4.78 is 10.5. The van der Waals surface area contributed by atoms with Crippen LogP contribution in [0.3, 0.4) is 0 Å². The van der Waals surface area contributed by atoms with Gasteiger partial charge in [-0.2, -0.15) is 0 Å². The van der Waals surface area contributed by atoms with Crippen LogP contribution >= 0.6 is 0 Å². The van der Waals surface area contributed by atoms with Crippen molar-refractivity contribution in [2.24, 2.45) is 0 Å². The molecule has 8 heteroatoms. The summed E-state index contributed by atoms with van der Waals surface area (Å²) in [6, 6.07) is 4.22. The number of rotatable bonds is 6. The molecule has 1 aromatic carbocycles. The summed E-state index contributed by atoms with van der Waals surface area (Å²) >= 11 is 0. The summed E-state index contributed by atoms with van der Waals surface area (Å²) in [5, 5.41) is 10.8. The Morgan fingerprint density at radius 3 is 2.88 bits per heavy atom. The topological polar surface area (TPSA) is 98.7 Å². The Kier molecular flexibility index (Phi) is 4.48. The summed E-state index contributed by atoms with van der Waals surface area (Å²) in [7, 11) is 1.37. The van der Waals surface area contributed by atoms with Gasteiger partial charge < -0.3 is 9.15 Å². The first-order valence-electron chi connectivity index (χ1n) is 7.87. The van der Waals surface area contributed by atoms with Crippen molar-refractivity contribution in [3.05, 3.63) is 34.2 Å². The highest BCUT2D eigenvalue weighted by molar-refractivity contribution is 5.76. The van der Waals surface area contributed by atoms with Crippen molar-refractivity contribution < 1.29 is 18.9 Å². The number of ether oxygens (including phenoxy) is 1. The number of hydrogen-bond donors (Lipinski definition) is 0. The summed E-state index contributed by atoms with van der Waals surface area (Å²) in [4.78, 5) is 28.6. The normalized spacial score (nSPS) is 16.1. The molecule has 128 valence electrons. The first kappa shape index (κ1) is 16.4. The smallest absolute Gasteiger partial charge is 0.322 e. The lowest BCUT2D eigenvalue weighted by Gasteiger charge is -2.39. The molecule has 1 aliphatic rings. The predicted molar refractivity (Wildman–Crippen MR) is 85.3 cm³/mol. The highest BCUT2D eigenvalue weighted by Crippen LogP contribution is 2.29. The second-order valence-electron chi connectivity index (χ2n) is 5.97. The van der Waals surface area contributed by atoms with Crippen molar-refractivity contribution in [3.63, 3.8) is 0 Å². The Balaban J connectivity index is 1.85. The minimum atomic E-state index is -0.464. The second kappa shape index (κ2) is 6.56. The lowest BCUT2D eigenvalue weighted by molar-refractivity contribution is -0.384. The van der Waals surface area contributed by atoms with Gasteiger partial charge in [0.2, 0.25) is 5.89 Å². The molecule has 1 aliphatic carbocycles. The van der Waals surface area contributed by atoms with Gasteiger partial charge in [0, 0.05) is 18.2 Å². The molecule has 1 saturated carbocycles. The Labute approximate surface area is 138 Å². The highest BCUT2D eigenvalue weighted by atomic mass is 16.6. The number of nitrogens with zero attached hydrogens (tertiary/aromatic N) is 3. The lowest BCUT2D eigenvalue weighted by atomic mass is 9.90. The van der Waals surface area contributed by atoms with Gasteiger partial charge in [-0.1, -0.05) is 6.42 Å². The molecule has 1 heterocycles. The van der Waals surface area contributed by atoms with Crippen LogP contribution in [-0.4, -0.2) is 40.0 Å². The number of methoxy groups -OCH3 is 1. The van der Waals surface area contributed by atoms with Crippen LogP contribution in [0.25, 0.3) is 11.1 Å². The van der Waals surface area contributed by atoms with Crippen LogP contribution in [0.5, 0.6) is 0 Å². The second-order valence-corrected chi connectivity index (χ2v) is 5.97. The highest BCUT2D eigenvalue weighted by Gasteiger charge is 2.33. The van der Waals surface area contributed by atoms with Gasteiger partial charge in [0.15, 0.2) is 5.58 Å². The van der Waals surface area contributed by atoms with E-state index < -0.39 is 11.0 Å². The number of fused-ring (bicyclic) bond motifs is 1. The van der Waals surface area contributed by atoms with Crippen molar-refractivity contribution in [1.82, 2.24) is 9.88 Å². The first-order chi connectivity index (χ1) is 11.5. The molecule has 0 radical (unpaired) electrons. The van der Waals surface area contributed by atoms with Crippen LogP contribution in [0, 0.1) is 10.1 Å². The van der Waals surface area contributed by atoms with Crippen molar-refractivity contribution >= 4 is 22.8 Å². The van der Waals surface area contributed by atoms with Gasteiger partial charge in [-0.15, -0.1) is 0 Å². The van der Waals surface area contributed by atoms with E-state index in [9.17, 15) is 14.9 Å². The molecule has 0 bridgehead atoms. The largest absolute Gasteiger partial charge is 0.468 e. The number of aromatic nitrogens is 1. The van der Waals surface area contributed by atoms with E-state index in [0.717, 1.165) is 19.3 Å². The number of nitro benzene ring substituents is 1. The van der Waals surface area contributed by atoms with E-state index in [0.29, 0.717) is 29.6 Å². The maximum Gasteiger partial charge on any atom is 0.322 e. The van der Waals surface area contributed by atoms with Gasteiger partial charge in [-0.3, -0.25) is 19.8 Å². The van der Waals surface area contributed by atoms with Gasteiger partial charge in [0.1, 0.15) is 11.6 Å². The number of oxazole rings is 1. The quantitative estimate of drug-likeness (QED) is 0.455. The molecule has 0 amide bonds. The number of nitro groups is 1. The van der Waals surface area contributed by atoms with Gasteiger partial charge in [-0.25, -0.2) is 4.98 Å². The van der Waals surface area contributed by atoms with Crippen LogP contribution in [-0.2, 0) is 16.1 Å². The standard InChI is InChI=1S/C16H19N3O5/c1-10(16(20)23-2)18(11-4-3-5-11)9-15-17-13-8-12(19(21)22)6-7-14(13)24-15/h6-8,10-11H,3-5,9H2,1-2H3. The number of non-ortho nitro benzene ring substituents is 1. The molecular formula is C16H19N3O5. The van der Waals surface area contributed by atoms with Crippen molar-refractivity contribution in [3.8, 4) is 0 Å². The summed E-state index contributed by atoms with van der Waals surface area (Å²) in [6.45, 7) is 2.17. The molecular weight excluding hydrogens is 314 g/mol. The Morgan fingerprint density at radius 1 is 1.54 bits per heavy atom. The zero-order valence-electron chi connectivity index (χ0n) is 13.6. The molecule has 1 aromatic heterocycles. The molecule has 0 spiro atoms. The first-order valence-corrected chi connectivity index (χ1v) is 7.87. The number of hydrogen-bond acceptors (Lipinski definition) is 7. The molecule has 1 unspecified atom stereocenters. The number of carbonyl (C=O) groups is 1. The van der Waals surface area contributed by atoms with E-state index in [4.69, 9.17) is 9.15 Å². The van der Waals surface area contributed by atoms with Gasteiger partial charge in [0.05, 0.1) is 18.6 Å². The minimum Gasteiger partial charge on any atom is -0.468 e. The molecule has 0 aliphatic heterocycles. The third-order valence-corrected chi connectivity index (χ3v) is 4.53. The molecule has 1 fully saturated rings. The number of esters is 1. The fourth-order valence-electron chi connectivity index (χ4n) is 2.91. The number of benzene rings is 1. The van der Waals surface area contributed by atoms with E-state index >= 15 is 0 Å². The zero-order valence-corrected chi connectivity index (χ0v) is 13.6. The number of carbonyl (C=O) groups excluding carboxylic acids is 1. The van der Waals surface area contributed by atoms with Crippen molar-refractivity contribution in [2.75, 3.05) is 7.11 Å². The van der Waals surface area contributed by atoms with Crippen LogP contribution in [0.1, 0.15) is 32.1 Å². The SMILES string of the molecule is COC(=O)C(C)N(Cc1nc2cc([N+](=O)[O-])ccc2o1)C1CCC1. The van der Waals surface area contributed by atoms with Crippen LogP contribution in [0.15, 0.2) is 22.6 Å². The van der Waals surface area contributed by atoms with E-state index in [1.807, 2.05) is 4.90 Å². The monoisotopic (exact) mass is 333 g/mol. The van der Waals surface area contributed by atoms with Crippen molar-refractivity contribution in [2.45, 2.75) is 44.8 Å². The third kappa shape index (κ3) is 3.09. The maximum absolute atomic E-state index is 11.9. The molecule has 24 heavy (non-hydrogen) atoms. The average molecular weight is 333 g/mol. The Bertz CT molecular complexity index is 768. The van der Waals surface area contributed by atoms with E-state index in [2.05, 4.69) is 4.98 Å².